The van der Waals surface area contributed by atoms with Gasteiger partial charge in [0.15, 0.2) is 0 Å². The molecule has 3 aromatic rings. The summed E-state index contributed by atoms with van der Waals surface area (Å²) in [5, 5.41) is 4.09. The number of hydrogen-bond donors (Lipinski definition) is 0. The van der Waals surface area contributed by atoms with Crippen LogP contribution in [0, 0.1) is 5.82 Å². The first kappa shape index (κ1) is 16.0. The number of halogens is 1. The van der Waals surface area contributed by atoms with E-state index in [9.17, 15) is 4.39 Å². The highest BCUT2D eigenvalue weighted by atomic mass is 19.1. The molecule has 0 saturated carbocycles. The number of aromatic nitrogens is 2. The molecule has 128 valence electrons. The third kappa shape index (κ3) is 3.61. The topological polar surface area (TPSA) is 42.2 Å². The number of piperidine rings is 1. The van der Waals surface area contributed by atoms with Gasteiger partial charge in [0.2, 0.25) is 11.7 Å². The lowest BCUT2D eigenvalue weighted by atomic mass is 9.95. The summed E-state index contributed by atoms with van der Waals surface area (Å²) in [7, 11) is 0. The average Bonchev–Trinajstić information content (AvgIpc) is 3.11. The van der Waals surface area contributed by atoms with Gasteiger partial charge in [-0.25, -0.2) is 4.39 Å². The van der Waals surface area contributed by atoms with Crippen molar-refractivity contribution < 1.29 is 8.91 Å². The lowest BCUT2D eigenvalue weighted by molar-refractivity contribution is 0.123. The van der Waals surface area contributed by atoms with Gasteiger partial charge in [-0.3, -0.25) is 4.90 Å². The summed E-state index contributed by atoms with van der Waals surface area (Å²) in [5.74, 6) is 1.02. The molecule has 2 aromatic carbocycles. The minimum absolute atomic E-state index is 0.188. The Bertz CT molecular complexity index is 834. The molecule has 0 N–H and O–H groups in total. The lowest BCUT2D eigenvalue weighted by Gasteiger charge is -2.35. The summed E-state index contributed by atoms with van der Waals surface area (Å²) >= 11 is 0. The molecule has 1 saturated heterocycles. The highest BCUT2D eigenvalue weighted by molar-refractivity contribution is 5.53. The first-order chi connectivity index (χ1) is 12.3. The van der Waals surface area contributed by atoms with Gasteiger partial charge in [-0.05, 0) is 37.1 Å². The molecule has 1 atom stereocenters. The van der Waals surface area contributed by atoms with Crippen LogP contribution in [-0.2, 0) is 6.54 Å². The smallest absolute Gasteiger partial charge is 0.241 e. The van der Waals surface area contributed by atoms with Crippen molar-refractivity contribution in [2.45, 2.75) is 31.8 Å². The van der Waals surface area contributed by atoms with E-state index in [1.807, 2.05) is 36.4 Å². The maximum absolute atomic E-state index is 13.6. The van der Waals surface area contributed by atoms with Gasteiger partial charge in [-0.15, -0.1) is 0 Å². The van der Waals surface area contributed by atoms with Crippen LogP contribution in [0.25, 0.3) is 11.4 Å². The normalized spacial score (nSPS) is 18.4. The number of rotatable bonds is 4. The van der Waals surface area contributed by atoms with Crippen LogP contribution in [0.5, 0.6) is 0 Å². The van der Waals surface area contributed by atoms with Crippen LogP contribution in [0.2, 0.25) is 0 Å². The molecule has 4 rings (SSSR count). The van der Waals surface area contributed by atoms with E-state index in [4.69, 9.17) is 4.52 Å². The van der Waals surface area contributed by atoms with Crippen molar-refractivity contribution in [1.82, 2.24) is 15.0 Å². The Morgan fingerprint density at radius 2 is 1.96 bits per heavy atom. The molecule has 0 spiro atoms. The summed E-state index contributed by atoms with van der Waals surface area (Å²) in [6.07, 6.45) is 3.30. The van der Waals surface area contributed by atoms with E-state index >= 15 is 0 Å². The van der Waals surface area contributed by atoms with E-state index < -0.39 is 0 Å². The predicted octanol–water partition coefficient (Wildman–Crippen LogP) is 4.60. The molecule has 1 aliphatic heterocycles. The van der Waals surface area contributed by atoms with Crippen LogP contribution in [0.4, 0.5) is 4.39 Å². The van der Waals surface area contributed by atoms with Crippen molar-refractivity contribution >= 4 is 0 Å². The number of nitrogens with zero attached hydrogens (tertiary/aromatic N) is 3. The Morgan fingerprint density at radius 3 is 2.80 bits per heavy atom. The van der Waals surface area contributed by atoms with E-state index in [-0.39, 0.29) is 11.9 Å². The molecule has 25 heavy (non-hydrogen) atoms. The Labute approximate surface area is 146 Å². The molecule has 0 radical (unpaired) electrons. The molecule has 0 unspecified atom stereocenters. The maximum Gasteiger partial charge on any atom is 0.241 e. The zero-order valence-electron chi connectivity index (χ0n) is 13.9. The highest BCUT2D eigenvalue weighted by Crippen LogP contribution is 2.32. The fourth-order valence-electron chi connectivity index (χ4n) is 3.47. The van der Waals surface area contributed by atoms with Crippen molar-refractivity contribution in [3.63, 3.8) is 0 Å². The number of likely N-dealkylation sites (tertiary alicyclic amines) is 1. The molecule has 5 heteroatoms. The van der Waals surface area contributed by atoms with Crippen molar-refractivity contribution in [3.8, 4) is 11.4 Å². The van der Waals surface area contributed by atoms with E-state index in [0.717, 1.165) is 36.9 Å². The SMILES string of the molecule is Fc1cccc([C@@H]2CCCCN2Cc2nc(-c3ccccc3)no2)c1. The van der Waals surface area contributed by atoms with Crippen LogP contribution in [0.3, 0.4) is 0 Å². The zero-order valence-corrected chi connectivity index (χ0v) is 13.9. The van der Waals surface area contributed by atoms with Gasteiger partial charge in [0, 0.05) is 11.6 Å². The zero-order chi connectivity index (χ0) is 17.1. The number of benzene rings is 2. The van der Waals surface area contributed by atoms with Gasteiger partial charge in [-0.2, -0.15) is 4.98 Å². The Kier molecular flexibility index (Phi) is 4.57. The Hall–Kier alpha value is -2.53. The minimum atomic E-state index is -0.188. The summed E-state index contributed by atoms with van der Waals surface area (Å²) in [6, 6.07) is 16.9. The first-order valence-electron chi connectivity index (χ1n) is 8.67. The molecule has 0 bridgehead atoms. The second kappa shape index (κ2) is 7.15. The second-order valence-corrected chi connectivity index (χ2v) is 6.41. The molecule has 1 fully saturated rings. The van der Waals surface area contributed by atoms with Gasteiger partial charge < -0.3 is 4.52 Å². The van der Waals surface area contributed by atoms with Crippen molar-refractivity contribution in [1.29, 1.82) is 0 Å². The molecule has 2 heterocycles. The van der Waals surface area contributed by atoms with Gasteiger partial charge in [0.25, 0.3) is 0 Å². The summed E-state index contributed by atoms with van der Waals surface area (Å²) < 4.78 is 19.1. The largest absolute Gasteiger partial charge is 0.338 e. The number of hydrogen-bond acceptors (Lipinski definition) is 4. The molecular weight excluding hydrogens is 317 g/mol. The van der Waals surface area contributed by atoms with E-state index in [1.54, 1.807) is 12.1 Å². The van der Waals surface area contributed by atoms with Crippen molar-refractivity contribution in [3.05, 3.63) is 71.9 Å². The summed E-state index contributed by atoms with van der Waals surface area (Å²) in [6.45, 7) is 1.53. The molecule has 1 aliphatic rings. The van der Waals surface area contributed by atoms with Crippen molar-refractivity contribution in [2.75, 3.05) is 6.54 Å². The predicted molar refractivity (Wildman–Crippen MR) is 93.1 cm³/mol. The van der Waals surface area contributed by atoms with Crippen LogP contribution in [0.1, 0.15) is 36.8 Å². The van der Waals surface area contributed by atoms with Crippen LogP contribution in [0.15, 0.2) is 59.1 Å². The Morgan fingerprint density at radius 1 is 1.08 bits per heavy atom. The quantitative estimate of drug-likeness (QED) is 0.697. The van der Waals surface area contributed by atoms with E-state index in [0.29, 0.717) is 18.3 Å². The van der Waals surface area contributed by atoms with E-state index in [2.05, 4.69) is 15.0 Å². The average molecular weight is 337 g/mol. The van der Waals surface area contributed by atoms with Crippen LogP contribution in [-0.4, -0.2) is 21.6 Å². The minimum Gasteiger partial charge on any atom is -0.338 e. The maximum atomic E-state index is 13.6. The molecule has 4 nitrogen and oxygen atoms in total. The third-order valence-electron chi connectivity index (χ3n) is 4.69. The van der Waals surface area contributed by atoms with Gasteiger partial charge in [0.05, 0.1) is 6.54 Å². The van der Waals surface area contributed by atoms with Gasteiger partial charge in [0.1, 0.15) is 5.82 Å². The van der Waals surface area contributed by atoms with Crippen LogP contribution >= 0.6 is 0 Å². The van der Waals surface area contributed by atoms with Gasteiger partial charge in [-0.1, -0.05) is 54.0 Å². The molecular formula is C20H20FN3O. The molecule has 0 aliphatic carbocycles. The monoisotopic (exact) mass is 337 g/mol. The fourth-order valence-corrected chi connectivity index (χ4v) is 3.47. The van der Waals surface area contributed by atoms with Crippen molar-refractivity contribution in [2.24, 2.45) is 0 Å². The summed E-state index contributed by atoms with van der Waals surface area (Å²) in [5.41, 5.74) is 1.96. The summed E-state index contributed by atoms with van der Waals surface area (Å²) in [4.78, 5) is 6.83. The molecule has 1 aromatic heterocycles. The van der Waals surface area contributed by atoms with Gasteiger partial charge >= 0.3 is 0 Å². The molecule has 0 amide bonds. The third-order valence-corrected chi connectivity index (χ3v) is 4.69. The fraction of sp³-hybridized carbons (Fsp3) is 0.300. The standard InChI is InChI=1S/C20H20FN3O/c21-17-10-6-9-16(13-17)18-11-4-5-12-24(18)14-19-22-20(23-25-19)15-7-2-1-3-8-15/h1-3,6-10,13,18H,4-5,11-12,14H2/t18-/m0/s1. The second-order valence-electron chi connectivity index (χ2n) is 6.41. The lowest BCUT2D eigenvalue weighted by Crippen LogP contribution is -2.33. The highest BCUT2D eigenvalue weighted by Gasteiger charge is 2.26. The first-order valence-corrected chi connectivity index (χ1v) is 8.67. The Balaban J connectivity index is 1.53. The van der Waals surface area contributed by atoms with Crippen LogP contribution < -0.4 is 0 Å². The van der Waals surface area contributed by atoms with E-state index in [1.165, 1.54) is 6.07 Å².